The molecule has 146 valence electrons. The lowest BCUT2D eigenvalue weighted by molar-refractivity contribution is -0.131. The zero-order valence-corrected chi connectivity index (χ0v) is 16.0. The van der Waals surface area contributed by atoms with Crippen LogP contribution in [0, 0.1) is 11.9 Å². The van der Waals surface area contributed by atoms with Gasteiger partial charge < -0.3 is 10.5 Å². The van der Waals surface area contributed by atoms with E-state index in [9.17, 15) is 9.18 Å². The van der Waals surface area contributed by atoms with Crippen molar-refractivity contribution in [2.45, 2.75) is 24.8 Å². The summed E-state index contributed by atoms with van der Waals surface area (Å²) < 4.78 is 19.5. The number of hydrogen-bond donors (Lipinski definition) is 1. The van der Waals surface area contributed by atoms with Crippen LogP contribution in [0.3, 0.4) is 0 Å². The molecule has 0 radical (unpaired) electrons. The van der Waals surface area contributed by atoms with Crippen LogP contribution in [-0.4, -0.2) is 42.5 Å². The van der Waals surface area contributed by atoms with Crippen LogP contribution >= 0.6 is 0 Å². The minimum Gasteiger partial charge on any atom is -0.385 e. The minimum atomic E-state index is -1.06. The van der Waals surface area contributed by atoms with Crippen LogP contribution in [0.15, 0.2) is 41.5 Å². The predicted molar refractivity (Wildman–Crippen MR) is 104 cm³/mol. The summed E-state index contributed by atoms with van der Waals surface area (Å²) in [6, 6.07) is 9.09. The molecule has 2 atom stereocenters. The van der Waals surface area contributed by atoms with Crippen molar-refractivity contribution in [3.05, 3.63) is 53.6 Å². The fourth-order valence-corrected chi connectivity index (χ4v) is 4.32. The van der Waals surface area contributed by atoms with E-state index in [1.165, 1.54) is 11.1 Å². The van der Waals surface area contributed by atoms with E-state index in [1.807, 2.05) is 18.2 Å². The van der Waals surface area contributed by atoms with Crippen molar-refractivity contribution >= 4 is 11.9 Å². The van der Waals surface area contributed by atoms with Gasteiger partial charge in [-0.05, 0) is 60.1 Å². The molecule has 6 nitrogen and oxygen atoms in total. The molecule has 1 aliphatic carbocycles. The van der Waals surface area contributed by atoms with Crippen molar-refractivity contribution in [1.29, 1.82) is 0 Å². The molecule has 4 rings (SSSR count). The summed E-state index contributed by atoms with van der Waals surface area (Å²) in [5, 5.41) is 0. The lowest BCUT2D eigenvalue weighted by atomic mass is 9.70. The Bertz CT molecular complexity index is 961. The Balaban J connectivity index is 1.85. The predicted octanol–water partition coefficient (Wildman–Crippen LogP) is 2.47. The number of amides is 1. The first-order valence-corrected chi connectivity index (χ1v) is 9.33. The first kappa shape index (κ1) is 18.6. The van der Waals surface area contributed by atoms with Gasteiger partial charge in [0.05, 0.1) is 0 Å². The number of rotatable bonds is 4. The van der Waals surface area contributed by atoms with Gasteiger partial charge in [-0.15, -0.1) is 0 Å². The number of carbonyl (C=O) groups is 1. The average Bonchev–Trinajstić information content (AvgIpc) is 2.91. The average molecular weight is 382 g/mol. The van der Waals surface area contributed by atoms with Crippen LogP contribution in [0.25, 0.3) is 11.1 Å². The Kier molecular flexibility index (Phi) is 4.63. The molecule has 28 heavy (non-hydrogen) atoms. The minimum absolute atomic E-state index is 0.142. The Morgan fingerprint density at radius 2 is 2.21 bits per heavy atom. The molecule has 1 aromatic heterocycles. The Morgan fingerprint density at radius 3 is 2.89 bits per heavy atom. The first-order chi connectivity index (χ1) is 13.5. The molecular formula is C21H23FN4O2. The molecule has 1 aliphatic heterocycles. The van der Waals surface area contributed by atoms with E-state index in [-0.39, 0.29) is 17.8 Å². The van der Waals surface area contributed by atoms with Crippen molar-refractivity contribution < 1.29 is 13.9 Å². The number of aliphatic imine (C=N–C) groups is 1. The molecule has 2 aliphatic rings. The standard InChI is InChI=1S/C21H23FN4O2/c1-26-19(27)21(25-20(26)23)12-13(7-9-28-2)10-15-6-5-14(11-17(15)21)16-4-3-8-24-18(16)22/h3-6,8,11,13H,7,9-10,12H2,1-2H3,(H2,23,25)/t13-,21?/m1/s1. The number of carbonyl (C=O) groups excluding carboxylic acids is 1. The Morgan fingerprint density at radius 1 is 1.39 bits per heavy atom. The summed E-state index contributed by atoms with van der Waals surface area (Å²) in [5.41, 5.74) is 7.88. The van der Waals surface area contributed by atoms with Crippen LogP contribution in [-0.2, 0) is 21.5 Å². The summed E-state index contributed by atoms with van der Waals surface area (Å²) >= 11 is 0. The molecular weight excluding hydrogens is 359 g/mol. The summed E-state index contributed by atoms with van der Waals surface area (Å²) in [7, 11) is 3.31. The zero-order chi connectivity index (χ0) is 19.9. The topological polar surface area (TPSA) is 80.8 Å². The van der Waals surface area contributed by atoms with E-state index in [0.29, 0.717) is 24.2 Å². The molecule has 2 N–H and O–H groups in total. The highest BCUT2D eigenvalue weighted by molar-refractivity contribution is 6.07. The number of hydrogen-bond acceptors (Lipinski definition) is 5. The molecule has 2 heterocycles. The van der Waals surface area contributed by atoms with E-state index in [2.05, 4.69) is 9.98 Å². The van der Waals surface area contributed by atoms with Gasteiger partial charge in [0, 0.05) is 32.5 Å². The van der Waals surface area contributed by atoms with Crippen LogP contribution < -0.4 is 5.73 Å². The summed E-state index contributed by atoms with van der Waals surface area (Å²) in [6.07, 6.45) is 3.64. The number of benzene rings is 1. The molecule has 7 heteroatoms. The molecule has 1 spiro atoms. The van der Waals surface area contributed by atoms with Gasteiger partial charge >= 0.3 is 0 Å². The lowest BCUT2D eigenvalue weighted by Crippen LogP contribution is -2.44. The third-order valence-corrected chi connectivity index (χ3v) is 5.76. The highest BCUT2D eigenvalue weighted by Crippen LogP contribution is 2.46. The maximum atomic E-state index is 14.2. The normalized spacial score (nSPS) is 23.8. The fourth-order valence-electron chi connectivity index (χ4n) is 4.32. The summed E-state index contributed by atoms with van der Waals surface area (Å²) in [5.74, 6) is -0.220. The van der Waals surface area contributed by atoms with Crippen LogP contribution in [0.5, 0.6) is 0 Å². The van der Waals surface area contributed by atoms with E-state index < -0.39 is 11.5 Å². The van der Waals surface area contributed by atoms with Gasteiger partial charge in [0.2, 0.25) is 5.95 Å². The number of nitrogens with zero attached hydrogens (tertiary/aromatic N) is 3. The number of guanidine groups is 1. The molecule has 0 bridgehead atoms. The SMILES string of the molecule is COCC[C@@H]1Cc2ccc(-c3cccnc3F)cc2C2(C1)N=C(N)N(C)C2=O. The molecule has 1 aromatic carbocycles. The van der Waals surface area contributed by atoms with Crippen molar-refractivity contribution in [2.24, 2.45) is 16.6 Å². The quantitative estimate of drug-likeness (QED) is 0.824. The smallest absolute Gasteiger partial charge is 0.261 e. The van der Waals surface area contributed by atoms with E-state index >= 15 is 0 Å². The van der Waals surface area contributed by atoms with Crippen molar-refractivity contribution in [1.82, 2.24) is 9.88 Å². The van der Waals surface area contributed by atoms with Crippen LogP contribution in [0.2, 0.25) is 0 Å². The third-order valence-electron chi connectivity index (χ3n) is 5.76. The van der Waals surface area contributed by atoms with E-state index in [1.54, 1.807) is 26.3 Å². The molecule has 0 fully saturated rings. The van der Waals surface area contributed by atoms with Crippen molar-refractivity contribution in [2.75, 3.05) is 20.8 Å². The third kappa shape index (κ3) is 2.86. The number of likely N-dealkylation sites (N-methyl/N-ethyl adjacent to an activating group) is 1. The number of methoxy groups -OCH3 is 1. The molecule has 0 saturated carbocycles. The van der Waals surface area contributed by atoms with Gasteiger partial charge in [0.15, 0.2) is 11.5 Å². The monoisotopic (exact) mass is 382 g/mol. The van der Waals surface area contributed by atoms with Crippen LogP contribution in [0.4, 0.5) is 4.39 Å². The highest BCUT2D eigenvalue weighted by Gasteiger charge is 2.52. The summed E-state index contributed by atoms with van der Waals surface area (Å²) in [4.78, 5) is 23.0. The van der Waals surface area contributed by atoms with E-state index in [4.69, 9.17) is 10.5 Å². The molecule has 1 amide bonds. The lowest BCUT2D eigenvalue weighted by Gasteiger charge is -2.36. The van der Waals surface area contributed by atoms with Crippen LogP contribution in [0.1, 0.15) is 24.0 Å². The Hall–Kier alpha value is -2.80. The fraction of sp³-hybridized carbons (Fsp3) is 0.381. The van der Waals surface area contributed by atoms with Crippen molar-refractivity contribution in [3.8, 4) is 11.1 Å². The van der Waals surface area contributed by atoms with Gasteiger partial charge in [-0.3, -0.25) is 9.69 Å². The number of pyridine rings is 1. The number of aromatic nitrogens is 1. The number of fused-ring (bicyclic) bond motifs is 2. The van der Waals surface area contributed by atoms with Gasteiger partial charge in [-0.2, -0.15) is 4.39 Å². The first-order valence-electron chi connectivity index (χ1n) is 9.33. The maximum Gasteiger partial charge on any atom is 0.261 e. The second kappa shape index (κ2) is 6.98. The van der Waals surface area contributed by atoms with E-state index in [0.717, 1.165) is 24.0 Å². The molecule has 1 unspecified atom stereocenters. The zero-order valence-electron chi connectivity index (χ0n) is 16.0. The number of ether oxygens (including phenoxy) is 1. The maximum absolute atomic E-state index is 14.2. The second-order valence-electron chi connectivity index (χ2n) is 7.46. The largest absolute Gasteiger partial charge is 0.385 e. The van der Waals surface area contributed by atoms with Gasteiger partial charge in [0.1, 0.15) is 0 Å². The highest BCUT2D eigenvalue weighted by atomic mass is 19.1. The number of halogens is 1. The number of nitrogens with two attached hydrogens (primary N) is 1. The molecule has 2 aromatic rings. The summed E-state index contributed by atoms with van der Waals surface area (Å²) in [6.45, 7) is 0.623. The Labute approximate surface area is 163 Å². The van der Waals surface area contributed by atoms with Gasteiger partial charge in [0.25, 0.3) is 5.91 Å². The van der Waals surface area contributed by atoms with Crippen molar-refractivity contribution in [3.63, 3.8) is 0 Å². The van der Waals surface area contributed by atoms with Gasteiger partial charge in [-0.1, -0.05) is 12.1 Å². The second-order valence-corrected chi connectivity index (χ2v) is 7.46. The molecule has 0 saturated heterocycles. The van der Waals surface area contributed by atoms with Gasteiger partial charge in [-0.25, -0.2) is 9.98 Å².